The molecule has 0 unspecified atom stereocenters. The van der Waals surface area contributed by atoms with E-state index in [2.05, 4.69) is 0 Å². The van der Waals surface area contributed by atoms with Crippen molar-refractivity contribution in [2.75, 3.05) is 32.8 Å². The molecule has 0 radical (unpaired) electrons. The molecule has 7 heteroatoms. The van der Waals surface area contributed by atoms with Gasteiger partial charge in [0.05, 0.1) is 6.61 Å². The molecule has 0 aromatic carbocycles. The van der Waals surface area contributed by atoms with E-state index in [0.717, 1.165) is 12.8 Å². The summed E-state index contributed by atoms with van der Waals surface area (Å²) in [5.41, 5.74) is -1.04. The summed E-state index contributed by atoms with van der Waals surface area (Å²) in [5.74, 6) is -0.732. The fourth-order valence-corrected chi connectivity index (χ4v) is 3.59. The standard InChI is InChI=1S/C16H24N2O5/c1-10(2)7-23-15(22)18-6-12-5-17(13(19)11-3-4-11)8-16(12,9-18)14(20)21/h10-12H,3-9H2,1-2H3,(H,20,21)/t12-,16-/m0/s1. The van der Waals surface area contributed by atoms with Crippen LogP contribution in [0.3, 0.4) is 0 Å². The SMILES string of the molecule is CC(C)COC(=O)N1C[C@@H]2CN(C(=O)C3CC3)C[C@]2(C(=O)O)C1. The van der Waals surface area contributed by atoms with Gasteiger partial charge in [-0.15, -0.1) is 0 Å². The van der Waals surface area contributed by atoms with Crippen molar-refractivity contribution >= 4 is 18.0 Å². The van der Waals surface area contributed by atoms with E-state index in [9.17, 15) is 19.5 Å². The Balaban J connectivity index is 1.67. The quantitative estimate of drug-likeness (QED) is 0.835. The number of nitrogens with zero attached hydrogens (tertiary/aromatic N) is 2. The summed E-state index contributed by atoms with van der Waals surface area (Å²) in [6, 6.07) is 0. The van der Waals surface area contributed by atoms with E-state index in [1.54, 1.807) is 4.90 Å². The molecule has 23 heavy (non-hydrogen) atoms. The molecule has 2 atom stereocenters. The number of carboxylic acids is 1. The minimum Gasteiger partial charge on any atom is -0.481 e. The average molecular weight is 324 g/mol. The van der Waals surface area contributed by atoms with Gasteiger partial charge in [0.15, 0.2) is 0 Å². The highest BCUT2D eigenvalue weighted by molar-refractivity contribution is 5.85. The Kier molecular flexibility index (Phi) is 3.98. The van der Waals surface area contributed by atoms with Gasteiger partial charge in [-0.2, -0.15) is 0 Å². The predicted octanol–water partition coefficient (Wildman–Crippen LogP) is 1.03. The Bertz CT molecular complexity index is 531. The summed E-state index contributed by atoms with van der Waals surface area (Å²) < 4.78 is 5.21. The first-order valence-electron chi connectivity index (χ1n) is 8.27. The number of rotatable bonds is 4. The zero-order valence-electron chi connectivity index (χ0n) is 13.7. The molecular formula is C16H24N2O5. The fourth-order valence-electron chi connectivity index (χ4n) is 3.59. The van der Waals surface area contributed by atoms with Gasteiger partial charge >= 0.3 is 12.1 Å². The molecule has 0 bridgehead atoms. The van der Waals surface area contributed by atoms with Crippen molar-refractivity contribution < 1.29 is 24.2 Å². The first kappa shape index (κ1) is 16.1. The molecule has 0 spiro atoms. The van der Waals surface area contributed by atoms with Gasteiger partial charge in [-0.1, -0.05) is 13.8 Å². The number of amides is 2. The van der Waals surface area contributed by atoms with Gasteiger partial charge in [0.2, 0.25) is 5.91 Å². The van der Waals surface area contributed by atoms with Gasteiger partial charge in [-0.05, 0) is 18.8 Å². The topological polar surface area (TPSA) is 87.2 Å². The molecule has 3 aliphatic rings. The smallest absolute Gasteiger partial charge is 0.409 e. The third-order valence-corrected chi connectivity index (χ3v) is 5.07. The number of hydrogen-bond donors (Lipinski definition) is 1. The predicted molar refractivity (Wildman–Crippen MR) is 80.6 cm³/mol. The van der Waals surface area contributed by atoms with Crippen LogP contribution < -0.4 is 0 Å². The van der Waals surface area contributed by atoms with Crippen LogP contribution in [0.2, 0.25) is 0 Å². The van der Waals surface area contributed by atoms with Crippen LogP contribution >= 0.6 is 0 Å². The first-order valence-corrected chi connectivity index (χ1v) is 8.27. The second-order valence-electron chi connectivity index (χ2n) is 7.50. The monoisotopic (exact) mass is 324 g/mol. The van der Waals surface area contributed by atoms with Crippen molar-refractivity contribution in [3.63, 3.8) is 0 Å². The summed E-state index contributed by atoms with van der Waals surface area (Å²) in [4.78, 5) is 39.4. The summed E-state index contributed by atoms with van der Waals surface area (Å²) in [6.45, 7) is 5.33. The van der Waals surface area contributed by atoms with Gasteiger partial charge in [0.1, 0.15) is 5.41 Å². The van der Waals surface area contributed by atoms with Crippen molar-refractivity contribution in [2.45, 2.75) is 26.7 Å². The van der Waals surface area contributed by atoms with Gasteiger partial charge in [0, 0.05) is 38.0 Å². The van der Waals surface area contributed by atoms with Crippen LogP contribution in [0.4, 0.5) is 4.79 Å². The number of hydrogen-bond acceptors (Lipinski definition) is 4. The number of carbonyl (C=O) groups is 3. The summed E-state index contributed by atoms with van der Waals surface area (Å²) in [5, 5.41) is 9.73. The van der Waals surface area contributed by atoms with Gasteiger partial charge in [-0.3, -0.25) is 9.59 Å². The third kappa shape index (κ3) is 2.88. The lowest BCUT2D eigenvalue weighted by atomic mass is 9.81. The van der Waals surface area contributed by atoms with E-state index in [1.165, 1.54) is 4.90 Å². The molecular weight excluding hydrogens is 300 g/mol. The lowest BCUT2D eigenvalue weighted by molar-refractivity contribution is -0.149. The highest BCUT2D eigenvalue weighted by atomic mass is 16.6. The molecule has 128 valence electrons. The highest BCUT2D eigenvalue weighted by Gasteiger charge is 2.60. The highest BCUT2D eigenvalue weighted by Crippen LogP contribution is 2.44. The zero-order chi connectivity index (χ0) is 16.8. The minimum atomic E-state index is -1.04. The van der Waals surface area contributed by atoms with E-state index in [-0.39, 0.29) is 36.8 Å². The third-order valence-electron chi connectivity index (χ3n) is 5.07. The number of fused-ring (bicyclic) bond motifs is 1. The number of likely N-dealkylation sites (tertiary alicyclic amines) is 2. The number of carbonyl (C=O) groups excluding carboxylic acids is 2. The summed E-state index contributed by atoms with van der Waals surface area (Å²) in [7, 11) is 0. The maximum absolute atomic E-state index is 12.2. The average Bonchev–Trinajstić information content (AvgIpc) is 3.16. The maximum atomic E-state index is 12.2. The normalized spacial score (nSPS) is 29.8. The summed E-state index contributed by atoms with van der Waals surface area (Å²) in [6.07, 6.45) is 1.37. The summed E-state index contributed by atoms with van der Waals surface area (Å²) >= 11 is 0. The van der Waals surface area contributed by atoms with E-state index < -0.39 is 17.5 Å². The Labute approximate surface area is 135 Å². The second-order valence-corrected chi connectivity index (χ2v) is 7.50. The van der Waals surface area contributed by atoms with Gasteiger partial charge < -0.3 is 19.6 Å². The van der Waals surface area contributed by atoms with Crippen LogP contribution in [-0.4, -0.2) is 65.7 Å². The van der Waals surface area contributed by atoms with E-state index >= 15 is 0 Å². The Morgan fingerprint density at radius 3 is 2.30 bits per heavy atom. The second kappa shape index (κ2) is 5.69. The largest absolute Gasteiger partial charge is 0.481 e. The van der Waals surface area contributed by atoms with Crippen molar-refractivity contribution in [3.05, 3.63) is 0 Å². The molecule has 1 aliphatic carbocycles. The minimum absolute atomic E-state index is 0.0777. The van der Waals surface area contributed by atoms with Crippen LogP contribution in [0.1, 0.15) is 26.7 Å². The number of aliphatic carboxylic acids is 1. The number of ether oxygens (including phenoxy) is 1. The molecule has 1 N–H and O–H groups in total. The molecule has 0 aromatic rings. The van der Waals surface area contributed by atoms with Crippen LogP contribution in [0, 0.1) is 23.2 Å². The van der Waals surface area contributed by atoms with E-state index in [1.807, 2.05) is 13.8 Å². The molecule has 3 fully saturated rings. The van der Waals surface area contributed by atoms with E-state index in [4.69, 9.17) is 4.74 Å². The first-order chi connectivity index (χ1) is 10.8. The van der Waals surface area contributed by atoms with Crippen LogP contribution in [0.15, 0.2) is 0 Å². The molecule has 1 saturated carbocycles. The fraction of sp³-hybridized carbons (Fsp3) is 0.812. The van der Waals surface area contributed by atoms with Crippen molar-refractivity contribution in [3.8, 4) is 0 Å². The van der Waals surface area contributed by atoms with Crippen molar-refractivity contribution in [2.24, 2.45) is 23.2 Å². The van der Waals surface area contributed by atoms with Crippen LogP contribution in [0.25, 0.3) is 0 Å². The van der Waals surface area contributed by atoms with Crippen molar-refractivity contribution in [1.82, 2.24) is 9.80 Å². The Morgan fingerprint density at radius 1 is 1.17 bits per heavy atom. The Hall–Kier alpha value is -1.79. The number of carboxylic acid groups (broad SMARTS) is 1. The molecule has 7 nitrogen and oxygen atoms in total. The zero-order valence-corrected chi connectivity index (χ0v) is 13.7. The lowest BCUT2D eigenvalue weighted by Crippen LogP contribution is -2.43. The van der Waals surface area contributed by atoms with Crippen LogP contribution in [0.5, 0.6) is 0 Å². The molecule has 0 aromatic heterocycles. The van der Waals surface area contributed by atoms with Gasteiger partial charge in [-0.25, -0.2) is 4.79 Å². The Morgan fingerprint density at radius 2 is 1.78 bits per heavy atom. The lowest BCUT2D eigenvalue weighted by Gasteiger charge is -2.25. The molecule has 2 saturated heterocycles. The molecule has 2 amide bonds. The van der Waals surface area contributed by atoms with Gasteiger partial charge in [0.25, 0.3) is 0 Å². The molecule has 2 aliphatic heterocycles. The molecule has 2 heterocycles. The van der Waals surface area contributed by atoms with Crippen molar-refractivity contribution in [1.29, 1.82) is 0 Å². The van der Waals surface area contributed by atoms with E-state index in [0.29, 0.717) is 19.7 Å². The molecule has 3 rings (SSSR count). The van der Waals surface area contributed by atoms with Crippen LogP contribution in [-0.2, 0) is 14.3 Å². The maximum Gasteiger partial charge on any atom is 0.409 e.